The third-order valence-electron chi connectivity index (χ3n) is 5.51. The Kier molecular flexibility index (Phi) is 4.04. The summed E-state index contributed by atoms with van der Waals surface area (Å²) in [5.41, 5.74) is 1.88. The van der Waals surface area contributed by atoms with Crippen molar-refractivity contribution < 1.29 is 14.3 Å². The second-order valence-electron chi connectivity index (χ2n) is 6.85. The number of imide groups is 1. The van der Waals surface area contributed by atoms with Crippen LogP contribution in [-0.4, -0.2) is 18.9 Å². The number of nitrogens with zero attached hydrogens (tertiary/aromatic N) is 1. The number of methoxy groups -OCH3 is 1. The van der Waals surface area contributed by atoms with E-state index in [1.54, 1.807) is 19.2 Å². The maximum absolute atomic E-state index is 13.0. The molecule has 3 unspecified atom stereocenters. The van der Waals surface area contributed by atoms with Crippen molar-refractivity contribution in [3.8, 4) is 5.75 Å². The van der Waals surface area contributed by atoms with Crippen molar-refractivity contribution in [3.63, 3.8) is 0 Å². The molecule has 4 rings (SSSR count). The van der Waals surface area contributed by atoms with Crippen LogP contribution in [0.4, 0.5) is 5.69 Å². The lowest BCUT2D eigenvalue weighted by Crippen LogP contribution is -2.30. The van der Waals surface area contributed by atoms with Gasteiger partial charge in [0.05, 0.1) is 24.6 Å². The van der Waals surface area contributed by atoms with Crippen LogP contribution in [0.25, 0.3) is 0 Å². The summed E-state index contributed by atoms with van der Waals surface area (Å²) in [7, 11) is 1.58. The van der Waals surface area contributed by atoms with E-state index in [0.717, 1.165) is 19.3 Å². The number of hydrogen-bond acceptors (Lipinski definition) is 3. The molecule has 2 fully saturated rings. The molecule has 0 bridgehead atoms. The fraction of sp³-hybridized carbons (Fsp3) is 0.333. The molecule has 1 aliphatic carbocycles. The number of hydrogen-bond donors (Lipinski definition) is 0. The molecule has 4 nitrogen and oxygen atoms in total. The van der Waals surface area contributed by atoms with Crippen LogP contribution in [0, 0.1) is 11.8 Å². The predicted molar refractivity (Wildman–Crippen MR) is 95.5 cm³/mol. The minimum absolute atomic E-state index is 0.0604. The van der Waals surface area contributed by atoms with Gasteiger partial charge in [-0.15, -0.1) is 0 Å². The average molecular weight is 335 g/mol. The quantitative estimate of drug-likeness (QED) is 0.802. The molecule has 1 saturated carbocycles. The average Bonchev–Trinajstić information content (AvgIpc) is 2.92. The highest BCUT2D eigenvalue weighted by molar-refractivity contribution is 6.22. The monoisotopic (exact) mass is 335 g/mol. The Morgan fingerprint density at radius 2 is 1.68 bits per heavy atom. The highest BCUT2D eigenvalue weighted by atomic mass is 16.5. The predicted octanol–water partition coefficient (Wildman–Crippen LogP) is 3.77. The van der Waals surface area contributed by atoms with Gasteiger partial charge in [0.15, 0.2) is 0 Å². The summed E-state index contributed by atoms with van der Waals surface area (Å²) < 4.78 is 5.23. The van der Waals surface area contributed by atoms with Gasteiger partial charge in [0, 0.05) is 6.07 Å². The van der Waals surface area contributed by atoms with E-state index < -0.39 is 0 Å². The fourth-order valence-electron chi connectivity index (χ4n) is 4.21. The summed E-state index contributed by atoms with van der Waals surface area (Å²) in [4.78, 5) is 27.2. The summed E-state index contributed by atoms with van der Waals surface area (Å²) in [6.45, 7) is 0. The zero-order valence-electron chi connectivity index (χ0n) is 14.2. The van der Waals surface area contributed by atoms with E-state index in [4.69, 9.17) is 4.74 Å². The summed E-state index contributed by atoms with van der Waals surface area (Å²) in [6, 6.07) is 17.5. The zero-order valence-corrected chi connectivity index (χ0v) is 14.2. The summed E-state index contributed by atoms with van der Waals surface area (Å²) in [5, 5.41) is 0. The Hall–Kier alpha value is -2.62. The van der Waals surface area contributed by atoms with Gasteiger partial charge < -0.3 is 4.74 Å². The minimum Gasteiger partial charge on any atom is -0.497 e. The molecule has 0 N–H and O–H groups in total. The van der Waals surface area contributed by atoms with Crippen LogP contribution in [0.2, 0.25) is 0 Å². The molecule has 128 valence electrons. The van der Waals surface area contributed by atoms with E-state index in [9.17, 15) is 9.59 Å². The van der Waals surface area contributed by atoms with Gasteiger partial charge >= 0.3 is 0 Å². The van der Waals surface area contributed by atoms with E-state index in [1.807, 2.05) is 30.3 Å². The first-order valence-electron chi connectivity index (χ1n) is 8.76. The van der Waals surface area contributed by atoms with E-state index in [2.05, 4.69) is 12.1 Å². The van der Waals surface area contributed by atoms with Crippen LogP contribution >= 0.6 is 0 Å². The highest BCUT2D eigenvalue weighted by Gasteiger charge is 2.50. The standard InChI is InChI=1S/C21H21NO3/c1-25-17-9-5-8-16(13-17)22-20(23)18-11-10-15(12-19(18)21(22)24)14-6-3-2-4-7-14/h2-9,13,15,18-19H,10-12H2,1H3. The topological polar surface area (TPSA) is 46.6 Å². The van der Waals surface area contributed by atoms with Crippen molar-refractivity contribution in [1.82, 2.24) is 0 Å². The first-order chi connectivity index (χ1) is 12.2. The summed E-state index contributed by atoms with van der Waals surface area (Å²) in [6.07, 6.45) is 2.48. The molecule has 3 atom stereocenters. The van der Waals surface area contributed by atoms with Crippen LogP contribution < -0.4 is 9.64 Å². The van der Waals surface area contributed by atoms with Gasteiger partial charge in [0.25, 0.3) is 0 Å². The molecule has 0 radical (unpaired) electrons. The van der Waals surface area contributed by atoms with Crippen LogP contribution in [0.5, 0.6) is 5.75 Å². The SMILES string of the molecule is COc1cccc(N2C(=O)C3CCC(c4ccccc4)CC3C2=O)c1. The Bertz CT molecular complexity index is 802. The number of ether oxygens (including phenoxy) is 1. The Morgan fingerprint density at radius 1 is 0.920 bits per heavy atom. The number of benzene rings is 2. The molecule has 1 aliphatic heterocycles. The van der Waals surface area contributed by atoms with Gasteiger partial charge in [-0.1, -0.05) is 36.4 Å². The van der Waals surface area contributed by atoms with E-state index in [0.29, 0.717) is 17.4 Å². The number of fused-ring (bicyclic) bond motifs is 1. The van der Waals surface area contributed by atoms with Gasteiger partial charge in [-0.3, -0.25) is 9.59 Å². The van der Waals surface area contributed by atoms with Crippen LogP contribution in [0.1, 0.15) is 30.7 Å². The maximum atomic E-state index is 13.0. The van der Waals surface area contributed by atoms with Crippen molar-refractivity contribution in [2.75, 3.05) is 12.0 Å². The molecule has 2 aromatic rings. The largest absolute Gasteiger partial charge is 0.497 e. The number of carbonyl (C=O) groups excluding carboxylic acids is 2. The van der Waals surface area contributed by atoms with Crippen molar-refractivity contribution in [1.29, 1.82) is 0 Å². The minimum atomic E-state index is -0.211. The van der Waals surface area contributed by atoms with Gasteiger partial charge in [-0.05, 0) is 42.9 Å². The molecule has 2 aromatic carbocycles. The highest BCUT2D eigenvalue weighted by Crippen LogP contribution is 2.45. The first-order valence-corrected chi connectivity index (χ1v) is 8.76. The van der Waals surface area contributed by atoms with Gasteiger partial charge in [0.1, 0.15) is 5.75 Å². The van der Waals surface area contributed by atoms with E-state index >= 15 is 0 Å². The molecule has 2 aliphatic rings. The Morgan fingerprint density at radius 3 is 2.44 bits per heavy atom. The lowest BCUT2D eigenvalue weighted by atomic mass is 9.73. The molecule has 2 amide bonds. The molecule has 0 spiro atoms. The lowest BCUT2D eigenvalue weighted by molar-refractivity contribution is -0.122. The number of carbonyl (C=O) groups is 2. The first kappa shape index (κ1) is 15.9. The fourth-order valence-corrected chi connectivity index (χ4v) is 4.21. The number of anilines is 1. The molecule has 4 heteroatoms. The smallest absolute Gasteiger partial charge is 0.237 e. The normalized spacial score (nSPS) is 25.8. The van der Waals surface area contributed by atoms with E-state index in [-0.39, 0.29) is 23.7 Å². The molecular weight excluding hydrogens is 314 g/mol. The molecule has 1 heterocycles. The van der Waals surface area contributed by atoms with Crippen LogP contribution in [-0.2, 0) is 9.59 Å². The molecule has 1 saturated heterocycles. The Balaban J connectivity index is 1.60. The lowest BCUT2D eigenvalue weighted by Gasteiger charge is -2.28. The van der Waals surface area contributed by atoms with Gasteiger partial charge in [-0.25, -0.2) is 4.90 Å². The summed E-state index contributed by atoms with van der Waals surface area (Å²) >= 11 is 0. The van der Waals surface area contributed by atoms with E-state index in [1.165, 1.54) is 10.5 Å². The van der Waals surface area contributed by atoms with Gasteiger partial charge in [0.2, 0.25) is 11.8 Å². The second-order valence-corrected chi connectivity index (χ2v) is 6.85. The van der Waals surface area contributed by atoms with Crippen molar-refractivity contribution in [2.45, 2.75) is 25.2 Å². The second kappa shape index (κ2) is 6.36. The number of rotatable bonds is 3. The van der Waals surface area contributed by atoms with Crippen LogP contribution in [0.3, 0.4) is 0 Å². The van der Waals surface area contributed by atoms with Crippen molar-refractivity contribution in [2.24, 2.45) is 11.8 Å². The van der Waals surface area contributed by atoms with Crippen molar-refractivity contribution >= 4 is 17.5 Å². The molecule has 25 heavy (non-hydrogen) atoms. The zero-order chi connectivity index (χ0) is 17.4. The third kappa shape index (κ3) is 2.72. The molecular formula is C21H21NO3. The van der Waals surface area contributed by atoms with Crippen molar-refractivity contribution in [3.05, 3.63) is 60.2 Å². The maximum Gasteiger partial charge on any atom is 0.237 e. The van der Waals surface area contributed by atoms with Crippen LogP contribution in [0.15, 0.2) is 54.6 Å². The molecule has 0 aromatic heterocycles. The third-order valence-corrected chi connectivity index (χ3v) is 5.51. The number of amides is 2. The summed E-state index contributed by atoms with van der Waals surface area (Å²) in [5.74, 6) is 0.481. The van der Waals surface area contributed by atoms with Gasteiger partial charge in [-0.2, -0.15) is 0 Å². The Labute approximate surface area is 147 Å².